The topological polar surface area (TPSA) is 20.3 Å². The molecule has 0 N–H and O–H groups in total. The van der Waals surface area contributed by atoms with Gasteiger partial charge in [0, 0.05) is 23.5 Å². The molecule has 2 nitrogen and oxygen atoms in total. The van der Waals surface area contributed by atoms with Gasteiger partial charge in [0.15, 0.2) is 0 Å². The molecular formula is C16H16FNO. The van der Waals surface area contributed by atoms with E-state index < -0.39 is 5.82 Å². The van der Waals surface area contributed by atoms with Gasteiger partial charge in [0.1, 0.15) is 12.1 Å². The Labute approximate surface area is 112 Å². The fourth-order valence-electron chi connectivity index (χ4n) is 2.06. The summed E-state index contributed by atoms with van der Waals surface area (Å²) in [5.41, 5.74) is 3.19. The van der Waals surface area contributed by atoms with Gasteiger partial charge in [-0.25, -0.2) is 4.39 Å². The van der Waals surface area contributed by atoms with Crippen LogP contribution in [0.15, 0.2) is 42.5 Å². The van der Waals surface area contributed by atoms with E-state index in [1.54, 1.807) is 6.07 Å². The lowest BCUT2D eigenvalue weighted by Crippen LogP contribution is -2.16. The van der Waals surface area contributed by atoms with Gasteiger partial charge in [-0.1, -0.05) is 17.7 Å². The lowest BCUT2D eigenvalue weighted by molar-refractivity contribution is 0.112. The van der Waals surface area contributed by atoms with Crippen LogP contribution >= 0.6 is 0 Å². The maximum atomic E-state index is 13.5. The van der Waals surface area contributed by atoms with Crippen molar-refractivity contribution in [3.05, 3.63) is 59.4 Å². The number of benzene rings is 2. The van der Waals surface area contributed by atoms with Gasteiger partial charge in [0.05, 0.1) is 0 Å². The number of aryl methyl sites for hydroxylation is 1. The van der Waals surface area contributed by atoms with Gasteiger partial charge in [-0.3, -0.25) is 4.79 Å². The van der Waals surface area contributed by atoms with Gasteiger partial charge in [-0.2, -0.15) is 0 Å². The summed E-state index contributed by atoms with van der Waals surface area (Å²) in [5, 5.41) is 0. The Bertz CT molecular complexity index is 578. The minimum absolute atomic E-state index is 0.348. The van der Waals surface area contributed by atoms with Crippen LogP contribution in [-0.4, -0.2) is 12.8 Å². The lowest BCUT2D eigenvalue weighted by atomic mass is 10.1. The van der Waals surface area contributed by atoms with Crippen LogP contribution in [0.1, 0.15) is 22.8 Å². The Hall–Kier alpha value is -2.16. The largest absolute Gasteiger partial charge is 0.342 e. The molecule has 0 aliphatic rings. The summed E-state index contributed by atoms with van der Waals surface area (Å²) in [6.45, 7) is 4.71. The predicted molar refractivity (Wildman–Crippen MR) is 75.6 cm³/mol. The van der Waals surface area contributed by atoms with E-state index >= 15 is 0 Å². The average Bonchev–Trinajstić information content (AvgIpc) is 2.41. The minimum atomic E-state index is -0.398. The lowest BCUT2D eigenvalue weighted by Gasteiger charge is -2.23. The third kappa shape index (κ3) is 2.99. The summed E-state index contributed by atoms with van der Waals surface area (Å²) < 4.78 is 13.5. The molecular weight excluding hydrogens is 241 g/mol. The zero-order valence-corrected chi connectivity index (χ0v) is 11.1. The van der Waals surface area contributed by atoms with Crippen LogP contribution in [0.4, 0.5) is 15.8 Å². The third-order valence-corrected chi connectivity index (χ3v) is 3.01. The fourth-order valence-corrected chi connectivity index (χ4v) is 2.06. The molecule has 0 spiro atoms. The van der Waals surface area contributed by atoms with Gasteiger partial charge in [-0.05, 0) is 44.2 Å². The van der Waals surface area contributed by atoms with Crippen molar-refractivity contribution in [3.8, 4) is 0 Å². The monoisotopic (exact) mass is 257 g/mol. The van der Waals surface area contributed by atoms with E-state index in [-0.39, 0.29) is 0 Å². The molecule has 0 unspecified atom stereocenters. The number of hydrogen-bond acceptors (Lipinski definition) is 2. The Morgan fingerprint density at radius 3 is 2.37 bits per heavy atom. The maximum Gasteiger partial charge on any atom is 0.150 e. The summed E-state index contributed by atoms with van der Waals surface area (Å²) in [6, 6.07) is 12.4. The molecule has 2 rings (SSSR count). The Kier molecular flexibility index (Phi) is 3.95. The van der Waals surface area contributed by atoms with Crippen molar-refractivity contribution in [2.75, 3.05) is 11.4 Å². The van der Waals surface area contributed by atoms with Crippen molar-refractivity contribution in [3.63, 3.8) is 0 Å². The standard InChI is InChI=1S/C16H16FNO/c1-3-18(15-6-4-12(2)5-7-15)16-9-13(11-19)8-14(17)10-16/h4-11H,3H2,1-2H3. The molecule has 0 atom stereocenters. The van der Waals surface area contributed by atoms with Gasteiger partial charge >= 0.3 is 0 Å². The summed E-state index contributed by atoms with van der Waals surface area (Å²) in [5.74, 6) is -0.398. The number of nitrogens with zero attached hydrogens (tertiary/aromatic N) is 1. The predicted octanol–water partition coefficient (Wildman–Crippen LogP) is 4.10. The third-order valence-electron chi connectivity index (χ3n) is 3.01. The summed E-state index contributed by atoms with van der Waals surface area (Å²) in [7, 11) is 0. The normalized spacial score (nSPS) is 10.3. The second-order valence-corrected chi connectivity index (χ2v) is 4.44. The maximum absolute atomic E-state index is 13.5. The van der Waals surface area contributed by atoms with Crippen LogP contribution < -0.4 is 4.90 Å². The number of halogens is 1. The van der Waals surface area contributed by atoms with E-state index in [4.69, 9.17) is 0 Å². The Balaban J connectivity index is 2.44. The minimum Gasteiger partial charge on any atom is -0.342 e. The van der Waals surface area contributed by atoms with Crippen LogP contribution in [0.25, 0.3) is 0 Å². The van der Waals surface area contributed by atoms with Crippen LogP contribution in [0, 0.1) is 12.7 Å². The van der Waals surface area contributed by atoms with Gasteiger partial charge < -0.3 is 4.90 Å². The molecule has 0 radical (unpaired) electrons. The molecule has 3 heteroatoms. The van der Waals surface area contributed by atoms with Crippen LogP contribution in [0.3, 0.4) is 0 Å². The molecule has 2 aromatic carbocycles. The molecule has 98 valence electrons. The Morgan fingerprint density at radius 2 is 1.79 bits per heavy atom. The molecule has 0 heterocycles. The first-order valence-electron chi connectivity index (χ1n) is 6.24. The number of carbonyl (C=O) groups is 1. The van der Waals surface area contributed by atoms with Crippen LogP contribution in [0.2, 0.25) is 0 Å². The molecule has 0 aliphatic heterocycles. The smallest absolute Gasteiger partial charge is 0.150 e. The van der Waals surface area contributed by atoms with Crippen molar-refractivity contribution >= 4 is 17.7 Å². The molecule has 0 aromatic heterocycles. The highest BCUT2D eigenvalue weighted by molar-refractivity contribution is 5.78. The molecule has 0 saturated heterocycles. The second kappa shape index (κ2) is 5.65. The zero-order valence-electron chi connectivity index (χ0n) is 11.1. The molecule has 0 amide bonds. The summed E-state index contributed by atoms with van der Waals surface area (Å²) >= 11 is 0. The van der Waals surface area contributed by atoms with Crippen molar-refractivity contribution in [1.82, 2.24) is 0 Å². The first kappa shape index (κ1) is 13.3. The average molecular weight is 257 g/mol. The number of aldehydes is 1. The van der Waals surface area contributed by atoms with Gasteiger partial charge in [0.25, 0.3) is 0 Å². The van der Waals surface area contributed by atoms with Crippen molar-refractivity contribution < 1.29 is 9.18 Å². The van der Waals surface area contributed by atoms with Crippen molar-refractivity contribution in [1.29, 1.82) is 0 Å². The highest BCUT2D eigenvalue weighted by atomic mass is 19.1. The summed E-state index contributed by atoms with van der Waals surface area (Å²) in [6.07, 6.45) is 0.662. The van der Waals surface area contributed by atoms with Crippen molar-refractivity contribution in [2.45, 2.75) is 13.8 Å². The number of carbonyl (C=O) groups excluding carboxylic acids is 1. The summed E-state index contributed by atoms with van der Waals surface area (Å²) in [4.78, 5) is 12.8. The quantitative estimate of drug-likeness (QED) is 0.768. The highest BCUT2D eigenvalue weighted by Crippen LogP contribution is 2.26. The van der Waals surface area contributed by atoms with Crippen molar-refractivity contribution in [2.24, 2.45) is 0 Å². The van der Waals surface area contributed by atoms with E-state index in [2.05, 4.69) is 0 Å². The zero-order chi connectivity index (χ0) is 13.8. The Morgan fingerprint density at radius 1 is 1.11 bits per heavy atom. The van der Waals surface area contributed by atoms with E-state index in [1.807, 2.05) is 43.0 Å². The van der Waals surface area contributed by atoms with E-state index in [9.17, 15) is 9.18 Å². The highest BCUT2D eigenvalue weighted by Gasteiger charge is 2.09. The fraction of sp³-hybridized carbons (Fsp3) is 0.188. The van der Waals surface area contributed by atoms with Gasteiger partial charge in [0.2, 0.25) is 0 Å². The molecule has 0 bridgehead atoms. The number of anilines is 2. The van der Waals surface area contributed by atoms with Crippen LogP contribution in [0.5, 0.6) is 0 Å². The number of rotatable bonds is 4. The first-order valence-corrected chi connectivity index (χ1v) is 6.24. The van der Waals surface area contributed by atoms with Gasteiger partial charge in [-0.15, -0.1) is 0 Å². The molecule has 19 heavy (non-hydrogen) atoms. The first-order chi connectivity index (χ1) is 9.13. The van der Waals surface area contributed by atoms with E-state index in [0.29, 0.717) is 24.1 Å². The van der Waals surface area contributed by atoms with E-state index in [1.165, 1.54) is 17.7 Å². The molecule has 0 fully saturated rings. The molecule has 0 aliphatic carbocycles. The van der Waals surface area contributed by atoms with Crippen LogP contribution in [-0.2, 0) is 0 Å². The van der Waals surface area contributed by atoms with E-state index in [0.717, 1.165) is 5.69 Å². The molecule has 2 aromatic rings. The number of hydrogen-bond donors (Lipinski definition) is 0. The molecule has 0 saturated carbocycles. The second-order valence-electron chi connectivity index (χ2n) is 4.44. The SMILES string of the molecule is CCN(c1ccc(C)cc1)c1cc(F)cc(C=O)c1.